The van der Waals surface area contributed by atoms with Crippen LogP contribution in [0.1, 0.15) is 17.3 Å². The first-order valence-corrected chi connectivity index (χ1v) is 9.50. The lowest BCUT2D eigenvalue weighted by Crippen LogP contribution is -2.20. The summed E-state index contributed by atoms with van der Waals surface area (Å²) in [4.78, 5) is 22.2. The minimum Gasteiger partial charge on any atom is -0.456 e. The number of fused-ring (bicyclic) bond motifs is 2. The fraction of sp³-hybridized carbons (Fsp3) is 0.190. The summed E-state index contributed by atoms with van der Waals surface area (Å²) in [6, 6.07) is 11.4. The van der Waals surface area contributed by atoms with Crippen LogP contribution in [0.2, 0.25) is 5.02 Å². The quantitative estimate of drug-likeness (QED) is 0.480. The Morgan fingerprint density at radius 3 is 2.60 bits per heavy atom. The predicted octanol–water partition coefficient (Wildman–Crippen LogP) is 4.14. The van der Waals surface area contributed by atoms with E-state index in [9.17, 15) is 9.18 Å². The van der Waals surface area contributed by atoms with E-state index < -0.39 is 17.9 Å². The summed E-state index contributed by atoms with van der Waals surface area (Å²) >= 11 is 5.96. The zero-order valence-electron chi connectivity index (χ0n) is 16.2. The summed E-state index contributed by atoms with van der Waals surface area (Å²) in [5.41, 5.74) is 8.70. The van der Waals surface area contributed by atoms with Crippen LogP contribution >= 0.6 is 11.6 Å². The average Bonchev–Trinajstić information content (AvgIpc) is 2.99. The highest BCUT2D eigenvalue weighted by Crippen LogP contribution is 2.32. The number of aromatic nitrogens is 3. The van der Waals surface area contributed by atoms with E-state index in [0.717, 1.165) is 0 Å². The van der Waals surface area contributed by atoms with Crippen LogP contribution in [-0.4, -0.2) is 40.3 Å². The normalized spacial score (nSPS) is 12.4. The van der Waals surface area contributed by atoms with Crippen LogP contribution in [0.15, 0.2) is 42.5 Å². The number of nitrogens with zero attached hydrogens (tertiary/aromatic N) is 3. The number of hydrogen-bond donors (Lipinski definition) is 1. The summed E-state index contributed by atoms with van der Waals surface area (Å²) in [5.74, 6) is -1.16. The van der Waals surface area contributed by atoms with Crippen molar-refractivity contribution < 1.29 is 18.7 Å². The van der Waals surface area contributed by atoms with E-state index in [1.807, 2.05) is 12.1 Å². The van der Waals surface area contributed by atoms with Gasteiger partial charge in [-0.05, 0) is 37.3 Å². The van der Waals surface area contributed by atoms with E-state index in [-0.39, 0.29) is 28.5 Å². The zero-order valence-corrected chi connectivity index (χ0v) is 17.0. The highest BCUT2D eigenvalue weighted by molar-refractivity contribution is 6.31. The largest absolute Gasteiger partial charge is 0.456 e. The molecule has 0 radical (unpaired) electrons. The molecule has 0 saturated carbocycles. The summed E-state index contributed by atoms with van der Waals surface area (Å²) < 4.78 is 25.7. The van der Waals surface area contributed by atoms with Gasteiger partial charge >= 0.3 is 5.97 Å². The molecule has 0 bridgehead atoms. The monoisotopic (exact) mass is 428 g/mol. The Bertz CT molecular complexity index is 1270. The molecule has 30 heavy (non-hydrogen) atoms. The van der Waals surface area contributed by atoms with Gasteiger partial charge in [0.05, 0.1) is 28.4 Å². The van der Waals surface area contributed by atoms with Crippen molar-refractivity contribution in [3.05, 3.63) is 58.9 Å². The Hall–Kier alpha value is -3.23. The van der Waals surface area contributed by atoms with E-state index in [4.69, 9.17) is 26.8 Å². The number of methoxy groups -OCH3 is 1. The number of nitrogen functional groups attached to an aromatic ring is 1. The Morgan fingerprint density at radius 1 is 1.23 bits per heavy atom. The van der Waals surface area contributed by atoms with Gasteiger partial charge in [0.15, 0.2) is 5.65 Å². The van der Waals surface area contributed by atoms with Gasteiger partial charge in [-0.1, -0.05) is 23.7 Å². The second kappa shape index (κ2) is 7.89. The van der Waals surface area contributed by atoms with Gasteiger partial charge in [-0.2, -0.15) is 0 Å². The minimum atomic E-state index is -0.654. The molecule has 0 spiro atoms. The number of benzene rings is 2. The third kappa shape index (κ3) is 3.44. The number of hydrogen-bond acceptors (Lipinski definition) is 6. The topological polar surface area (TPSA) is 92.3 Å². The standard InChI is InChI=1S/C21H18ClFN4O3/c1-11(10-29-2)30-21(28)17-18-20(26-16-6-4-3-5-15(16)25-18)27(19(17)24)12-7-8-14(23)13(22)9-12/h3-9,11H,10,24H2,1-2H3/t11-/m1/s1. The van der Waals surface area contributed by atoms with Crippen LogP contribution in [0.25, 0.3) is 27.9 Å². The van der Waals surface area contributed by atoms with Crippen molar-refractivity contribution in [2.45, 2.75) is 13.0 Å². The third-order valence-corrected chi connectivity index (χ3v) is 4.86. The number of ether oxygens (including phenoxy) is 2. The van der Waals surface area contributed by atoms with Crippen molar-refractivity contribution in [3.8, 4) is 5.69 Å². The van der Waals surface area contributed by atoms with E-state index in [0.29, 0.717) is 22.4 Å². The highest BCUT2D eigenvalue weighted by atomic mass is 35.5. The minimum absolute atomic E-state index is 0.0672. The molecule has 0 unspecified atom stereocenters. The van der Waals surface area contributed by atoms with Gasteiger partial charge in [0, 0.05) is 7.11 Å². The van der Waals surface area contributed by atoms with Gasteiger partial charge in [0.2, 0.25) is 0 Å². The number of rotatable bonds is 5. The van der Waals surface area contributed by atoms with Crippen LogP contribution in [0, 0.1) is 5.82 Å². The zero-order chi connectivity index (χ0) is 21.4. The fourth-order valence-corrected chi connectivity index (χ4v) is 3.43. The van der Waals surface area contributed by atoms with Crippen LogP contribution in [0.5, 0.6) is 0 Å². The van der Waals surface area contributed by atoms with E-state index in [2.05, 4.69) is 9.97 Å². The average molecular weight is 429 g/mol. The van der Waals surface area contributed by atoms with Crippen LogP contribution in [0.4, 0.5) is 10.2 Å². The molecule has 2 aromatic carbocycles. The molecule has 1 atom stereocenters. The van der Waals surface area contributed by atoms with Crippen molar-refractivity contribution in [1.82, 2.24) is 14.5 Å². The first-order valence-electron chi connectivity index (χ1n) is 9.12. The number of esters is 1. The maximum Gasteiger partial charge on any atom is 0.344 e. The first kappa shape index (κ1) is 20.1. The molecule has 0 amide bonds. The lowest BCUT2D eigenvalue weighted by atomic mass is 10.2. The molecule has 2 heterocycles. The molecule has 0 aliphatic heterocycles. The van der Waals surface area contributed by atoms with Crippen molar-refractivity contribution >= 4 is 45.6 Å². The number of anilines is 1. The van der Waals surface area contributed by atoms with Crippen LogP contribution < -0.4 is 5.73 Å². The summed E-state index contributed by atoms with van der Waals surface area (Å²) in [6.07, 6.45) is -0.492. The number of nitrogens with two attached hydrogens (primary N) is 1. The van der Waals surface area contributed by atoms with Gasteiger partial charge < -0.3 is 15.2 Å². The maximum atomic E-state index is 13.7. The van der Waals surface area contributed by atoms with Crippen molar-refractivity contribution in [2.75, 3.05) is 19.5 Å². The van der Waals surface area contributed by atoms with Crippen LogP contribution in [-0.2, 0) is 9.47 Å². The van der Waals surface area contributed by atoms with Gasteiger partial charge in [-0.15, -0.1) is 0 Å². The Kier molecular flexibility index (Phi) is 5.27. The third-order valence-electron chi connectivity index (χ3n) is 4.57. The van der Waals surface area contributed by atoms with Crippen LogP contribution in [0.3, 0.4) is 0 Å². The number of carbonyl (C=O) groups is 1. The molecule has 9 heteroatoms. The second-order valence-corrected chi connectivity index (χ2v) is 7.16. The Labute approximate surface area is 176 Å². The molecule has 0 aliphatic carbocycles. The van der Waals surface area contributed by atoms with Gasteiger partial charge in [-0.25, -0.2) is 19.2 Å². The van der Waals surface area contributed by atoms with Gasteiger partial charge in [0.1, 0.15) is 28.8 Å². The maximum absolute atomic E-state index is 13.7. The Balaban J connectivity index is 1.98. The summed E-state index contributed by atoms with van der Waals surface area (Å²) in [6.45, 7) is 1.93. The lowest BCUT2D eigenvalue weighted by molar-refractivity contribution is 0.0123. The number of carbonyl (C=O) groups excluding carboxylic acids is 1. The fourth-order valence-electron chi connectivity index (χ4n) is 3.26. The SMILES string of the molecule is COC[C@@H](C)OC(=O)c1c(N)n(-c2ccc(F)c(Cl)c2)c2nc3ccccc3nc12. The molecular formula is C21H18ClFN4O3. The molecule has 4 aromatic rings. The number of halogens is 2. The smallest absolute Gasteiger partial charge is 0.344 e. The molecule has 4 rings (SSSR count). The Morgan fingerprint density at radius 2 is 1.93 bits per heavy atom. The lowest BCUT2D eigenvalue weighted by Gasteiger charge is -2.12. The number of para-hydroxylation sites is 2. The van der Waals surface area contributed by atoms with E-state index in [1.54, 1.807) is 19.1 Å². The molecule has 7 nitrogen and oxygen atoms in total. The van der Waals surface area contributed by atoms with Gasteiger partial charge in [0.25, 0.3) is 0 Å². The molecule has 0 aliphatic rings. The molecule has 2 N–H and O–H groups in total. The second-order valence-electron chi connectivity index (χ2n) is 6.75. The van der Waals surface area contributed by atoms with Crippen molar-refractivity contribution in [1.29, 1.82) is 0 Å². The van der Waals surface area contributed by atoms with E-state index in [1.165, 1.54) is 29.9 Å². The summed E-state index contributed by atoms with van der Waals surface area (Å²) in [7, 11) is 1.51. The molecule has 0 fully saturated rings. The van der Waals surface area contributed by atoms with Crippen molar-refractivity contribution in [3.63, 3.8) is 0 Å². The highest BCUT2D eigenvalue weighted by Gasteiger charge is 2.27. The van der Waals surface area contributed by atoms with E-state index >= 15 is 0 Å². The molecular weight excluding hydrogens is 411 g/mol. The molecule has 154 valence electrons. The summed E-state index contributed by atoms with van der Waals surface area (Å²) in [5, 5.41) is -0.0830. The van der Waals surface area contributed by atoms with Crippen molar-refractivity contribution in [2.24, 2.45) is 0 Å². The molecule has 0 saturated heterocycles. The van der Waals surface area contributed by atoms with Gasteiger partial charge in [-0.3, -0.25) is 4.57 Å². The predicted molar refractivity (Wildman–Crippen MR) is 113 cm³/mol. The molecule has 2 aromatic heterocycles. The first-order chi connectivity index (χ1) is 14.4.